The molecule has 0 fully saturated rings. The van der Waals surface area contributed by atoms with Crippen LogP contribution in [-0.4, -0.2) is 59.5 Å². The highest BCUT2D eigenvalue weighted by atomic mass is 32.2. The number of methoxy groups -OCH3 is 1. The first kappa shape index (κ1) is 16.8. The Hall–Kier alpha value is -1.19. The van der Waals surface area contributed by atoms with Crippen molar-refractivity contribution in [2.75, 3.05) is 33.1 Å². The zero-order valence-corrected chi connectivity index (χ0v) is 11.3. The predicted molar refractivity (Wildman–Crippen MR) is 61.2 cm³/mol. The zero-order chi connectivity index (χ0) is 14.2. The fourth-order valence-electron chi connectivity index (χ4n) is 0.963. The maximum absolute atomic E-state index is 11.3. The van der Waals surface area contributed by atoms with E-state index in [1.807, 2.05) is 0 Å². The number of hydrogen-bond donors (Lipinski definition) is 1. The summed E-state index contributed by atoms with van der Waals surface area (Å²) in [5, 5.41) is 2.49. The van der Waals surface area contributed by atoms with Crippen LogP contribution in [0, 0.1) is 0 Å². The van der Waals surface area contributed by atoms with Crippen molar-refractivity contribution in [1.29, 1.82) is 0 Å². The molecule has 0 saturated carbocycles. The Morgan fingerprint density at radius 3 is 2.39 bits per heavy atom. The van der Waals surface area contributed by atoms with Crippen molar-refractivity contribution in [3.8, 4) is 0 Å². The molecule has 9 heteroatoms. The number of nitrogens with one attached hydrogen (secondary N) is 1. The predicted octanol–water partition coefficient (Wildman–Crippen LogP) is -1.34. The van der Waals surface area contributed by atoms with Crippen molar-refractivity contribution in [3.05, 3.63) is 0 Å². The van der Waals surface area contributed by atoms with E-state index in [1.54, 1.807) is 6.92 Å². The van der Waals surface area contributed by atoms with Gasteiger partial charge in [0.25, 0.3) is 10.1 Å². The van der Waals surface area contributed by atoms with Crippen LogP contribution in [-0.2, 0) is 33.4 Å². The third kappa shape index (κ3) is 7.98. The molecule has 0 rings (SSSR count). The fraction of sp³-hybridized carbons (Fsp3) is 0.778. The summed E-state index contributed by atoms with van der Waals surface area (Å²) < 4.78 is 35.1. The minimum Gasteiger partial charge on any atom is -0.468 e. The first-order valence-corrected chi connectivity index (χ1v) is 6.93. The second kappa shape index (κ2) is 8.01. The summed E-state index contributed by atoms with van der Waals surface area (Å²) in [6.45, 7) is 1.15. The molecule has 0 aromatic rings. The lowest BCUT2D eigenvalue weighted by molar-refractivity contribution is -0.145. The van der Waals surface area contributed by atoms with Crippen LogP contribution in [0.1, 0.15) is 6.92 Å². The largest absolute Gasteiger partial charge is 0.468 e. The van der Waals surface area contributed by atoms with Gasteiger partial charge in [-0.15, -0.1) is 0 Å². The lowest BCUT2D eigenvalue weighted by atomic mass is 10.3. The molecule has 0 heterocycles. The lowest BCUT2D eigenvalue weighted by Crippen LogP contribution is -2.44. The van der Waals surface area contributed by atoms with Crippen molar-refractivity contribution in [2.24, 2.45) is 0 Å². The summed E-state index contributed by atoms with van der Waals surface area (Å²) in [5.74, 6) is -1.30. The summed E-state index contributed by atoms with van der Waals surface area (Å²) in [4.78, 5) is 22.4. The van der Waals surface area contributed by atoms with E-state index in [4.69, 9.17) is 0 Å². The van der Waals surface area contributed by atoms with E-state index in [9.17, 15) is 18.0 Å². The van der Waals surface area contributed by atoms with Gasteiger partial charge in [0.2, 0.25) is 0 Å². The fourth-order valence-corrected chi connectivity index (χ4v) is 1.35. The molecule has 18 heavy (non-hydrogen) atoms. The lowest BCUT2D eigenvalue weighted by Gasteiger charge is -2.15. The van der Waals surface area contributed by atoms with E-state index in [0.29, 0.717) is 0 Å². The summed E-state index contributed by atoms with van der Waals surface area (Å²) >= 11 is 0. The van der Waals surface area contributed by atoms with Crippen LogP contribution in [0.15, 0.2) is 0 Å². The Balaban J connectivity index is 4.33. The summed E-state index contributed by atoms with van der Waals surface area (Å²) in [7, 11) is -2.53. The summed E-state index contributed by atoms with van der Waals surface area (Å²) in [6.07, 6.45) is 0.854. The van der Waals surface area contributed by atoms with Gasteiger partial charge < -0.3 is 9.47 Å². The van der Waals surface area contributed by atoms with E-state index in [1.165, 1.54) is 0 Å². The molecule has 8 nitrogen and oxygen atoms in total. The topological polar surface area (TPSA) is 108 Å². The minimum absolute atomic E-state index is 0.212. The highest BCUT2D eigenvalue weighted by Crippen LogP contribution is 1.94. The van der Waals surface area contributed by atoms with Gasteiger partial charge in [-0.05, 0) is 6.92 Å². The summed E-state index contributed by atoms with van der Waals surface area (Å²) in [6, 6.07) is -1.06. The van der Waals surface area contributed by atoms with Gasteiger partial charge >= 0.3 is 11.9 Å². The number of carbonyl (C=O) groups is 2. The Morgan fingerprint density at radius 2 is 1.94 bits per heavy atom. The Morgan fingerprint density at radius 1 is 1.33 bits per heavy atom. The zero-order valence-electron chi connectivity index (χ0n) is 10.5. The molecule has 106 valence electrons. The standard InChI is InChI=1S/C9H17NO7S/c1-4-16-8(11)5-10-7(9(12)15-2)6-17-18(3,13)14/h7,10H,4-6H2,1-3H3/t7-/m1/s1. The second-order valence-electron chi connectivity index (χ2n) is 3.25. The van der Waals surface area contributed by atoms with Crippen molar-refractivity contribution < 1.29 is 31.7 Å². The van der Waals surface area contributed by atoms with Crippen molar-refractivity contribution in [3.63, 3.8) is 0 Å². The van der Waals surface area contributed by atoms with Crippen LogP contribution in [0.5, 0.6) is 0 Å². The van der Waals surface area contributed by atoms with E-state index in [-0.39, 0.29) is 13.2 Å². The van der Waals surface area contributed by atoms with Crippen LogP contribution in [0.3, 0.4) is 0 Å². The molecule has 0 bridgehead atoms. The molecular formula is C9H17NO7S. The molecule has 0 radical (unpaired) electrons. The molecule has 0 aliphatic rings. The Labute approximate surface area is 106 Å². The second-order valence-corrected chi connectivity index (χ2v) is 4.89. The van der Waals surface area contributed by atoms with E-state index >= 15 is 0 Å². The van der Waals surface area contributed by atoms with Gasteiger partial charge in [0.15, 0.2) is 0 Å². The molecule has 0 aromatic carbocycles. The maximum atomic E-state index is 11.3. The number of esters is 2. The number of hydrogen-bond acceptors (Lipinski definition) is 8. The normalized spacial score (nSPS) is 12.8. The third-order valence-electron chi connectivity index (χ3n) is 1.73. The van der Waals surface area contributed by atoms with Crippen LogP contribution in [0.2, 0.25) is 0 Å². The van der Waals surface area contributed by atoms with Crippen molar-refractivity contribution in [1.82, 2.24) is 5.32 Å². The van der Waals surface area contributed by atoms with E-state index < -0.39 is 34.7 Å². The highest BCUT2D eigenvalue weighted by molar-refractivity contribution is 7.85. The molecule has 0 saturated heterocycles. The van der Waals surface area contributed by atoms with Gasteiger partial charge in [-0.3, -0.25) is 19.1 Å². The quantitative estimate of drug-likeness (QED) is 0.430. The molecule has 0 spiro atoms. The molecule has 0 unspecified atom stereocenters. The number of carbonyl (C=O) groups excluding carboxylic acids is 2. The SMILES string of the molecule is CCOC(=O)CN[C@H](COS(C)(=O)=O)C(=O)OC. The number of ether oxygens (including phenoxy) is 2. The van der Waals surface area contributed by atoms with Crippen LogP contribution in [0.4, 0.5) is 0 Å². The molecular weight excluding hydrogens is 266 g/mol. The van der Waals surface area contributed by atoms with Gasteiger partial charge in [-0.25, -0.2) is 0 Å². The van der Waals surface area contributed by atoms with Gasteiger partial charge in [0.05, 0.1) is 33.1 Å². The van der Waals surface area contributed by atoms with E-state index in [0.717, 1.165) is 13.4 Å². The Kier molecular flexibility index (Phi) is 7.48. The maximum Gasteiger partial charge on any atom is 0.325 e. The highest BCUT2D eigenvalue weighted by Gasteiger charge is 2.22. The first-order chi connectivity index (χ1) is 8.30. The molecule has 0 aliphatic heterocycles. The van der Waals surface area contributed by atoms with Gasteiger partial charge in [0.1, 0.15) is 6.04 Å². The van der Waals surface area contributed by atoms with Crippen LogP contribution >= 0.6 is 0 Å². The number of rotatable bonds is 8. The minimum atomic E-state index is -3.67. The van der Waals surface area contributed by atoms with Gasteiger partial charge in [-0.2, -0.15) is 8.42 Å². The van der Waals surface area contributed by atoms with Gasteiger partial charge in [0, 0.05) is 0 Å². The average molecular weight is 283 g/mol. The van der Waals surface area contributed by atoms with Crippen molar-refractivity contribution >= 4 is 22.1 Å². The first-order valence-electron chi connectivity index (χ1n) is 5.11. The van der Waals surface area contributed by atoms with Crippen LogP contribution < -0.4 is 5.32 Å². The Bertz CT molecular complexity index is 378. The smallest absolute Gasteiger partial charge is 0.325 e. The van der Waals surface area contributed by atoms with E-state index in [2.05, 4.69) is 19.0 Å². The molecule has 0 aliphatic carbocycles. The third-order valence-corrected chi connectivity index (χ3v) is 2.30. The average Bonchev–Trinajstić information content (AvgIpc) is 2.27. The molecule has 0 amide bonds. The van der Waals surface area contributed by atoms with Gasteiger partial charge in [-0.1, -0.05) is 0 Å². The molecule has 0 aromatic heterocycles. The van der Waals surface area contributed by atoms with Crippen LogP contribution in [0.25, 0.3) is 0 Å². The molecule has 1 atom stereocenters. The molecule has 1 N–H and O–H groups in total. The summed E-state index contributed by atoms with van der Waals surface area (Å²) in [5.41, 5.74) is 0. The van der Waals surface area contributed by atoms with Crippen molar-refractivity contribution in [2.45, 2.75) is 13.0 Å². The monoisotopic (exact) mass is 283 g/mol.